The molecule has 0 saturated carbocycles. The number of anilines is 2. The standard InChI is InChI=1S/C20H18ClN3O3/c1-24-12-13(21)10-18(24)20(26)23-17-9-4-3-8-16(17)19(25)22-14-6-5-7-15(11-14)27-2/h3-12H,1-2H3,(H,22,25)(H,23,26). The molecule has 2 amide bonds. The minimum atomic E-state index is -0.356. The molecule has 1 heterocycles. The van der Waals surface area contributed by atoms with Gasteiger partial charge in [0.2, 0.25) is 0 Å². The molecular weight excluding hydrogens is 366 g/mol. The van der Waals surface area contributed by atoms with Crippen molar-refractivity contribution in [3.63, 3.8) is 0 Å². The van der Waals surface area contributed by atoms with Gasteiger partial charge in [-0.1, -0.05) is 29.8 Å². The second-order valence-corrected chi connectivity index (χ2v) is 6.28. The quantitative estimate of drug-likeness (QED) is 0.693. The van der Waals surface area contributed by atoms with Crippen molar-refractivity contribution >= 4 is 34.8 Å². The molecule has 2 aromatic carbocycles. The number of para-hydroxylation sites is 1. The molecule has 1 aromatic heterocycles. The van der Waals surface area contributed by atoms with Gasteiger partial charge in [0, 0.05) is 25.0 Å². The first-order chi connectivity index (χ1) is 13.0. The number of carbonyl (C=O) groups is 2. The second-order valence-electron chi connectivity index (χ2n) is 5.84. The minimum Gasteiger partial charge on any atom is -0.497 e. The van der Waals surface area contributed by atoms with E-state index in [1.54, 1.807) is 79.5 Å². The van der Waals surface area contributed by atoms with Crippen LogP contribution in [0.4, 0.5) is 11.4 Å². The van der Waals surface area contributed by atoms with Gasteiger partial charge in [0.05, 0.1) is 23.4 Å². The zero-order valence-corrected chi connectivity index (χ0v) is 15.6. The predicted molar refractivity (Wildman–Crippen MR) is 106 cm³/mol. The van der Waals surface area contributed by atoms with E-state index in [2.05, 4.69) is 10.6 Å². The van der Waals surface area contributed by atoms with Crippen molar-refractivity contribution in [3.8, 4) is 5.75 Å². The highest BCUT2D eigenvalue weighted by Gasteiger charge is 2.16. The molecule has 0 atom stereocenters. The van der Waals surface area contributed by atoms with Crippen LogP contribution in [-0.2, 0) is 7.05 Å². The number of aryl methyl sites for hydroxylation is 1. The number of hydrogen-bond acceptors (Lipinski definition) is 3. The van der Waals surface area contributed by atoms with Crippen molar-refractivity contribution in [2.45, 2.75) is 0 Å². The summed E-state index contributed by atoms with van der Waals surface area (Å²) >= 11 is 5.93. The maximum absolute atomic E-state index is 12.7. The summed E-state index contributed by atoms with van der Waals surface area (Å²) in [6, 6.07) is 15.4. The molecule has 0 fully saturated rings. The lowest BCUT2D eigenvalue weighted by molar-refractivity contribution is 0.101. The van der Waals surface area contributed by atoms with Crippen LogP contribution in [0.5, 0.6) is 5.75 Å². The van der Waals surface area contributed by atoms with E-state index in [1.807, 2.05) is 0 Å². The van der Waals surface area contributed by atoms with Gasteiger partial charge in [-0.15, -0.1) is 0 Å². The molecule has 3 aromatic rings. The predicted octanol–water partition coefficient (Wildman–Crippen LogP) is 4.19. The van der Waals surface area contributed by atoms with Crippen molar-refractivity contribution in [1.82, 2.24) is 4.57 Å². The van der Waals surface area contributed by atoms with E-state index in [1.165, 1.54) is 0 Å². The summed E-state index contributed by atoms with van der Waals surface area (Å²) in [4.78, 5) is 25.2. The number of carbonyl (C=O) groups excluding carboxylic acids is 2. The van der Waals surface area contributed by atoms with Crippen LogP contribution in [0.1, 0.15) is 20.8 Å². The molecule has 27 heavy (non-hydrogen) atoms. The average Bonchev–Trinajstić information content (AvgIpc) is 3.00. The highest BCUT2D eigenvalue weighted by Crippen LogP contribution is 2.21. The van der Waals surface area contributed by atoms with Crippen molar-refractivity contribution in [3.05, 3.63) is 77.1 Å². The summed E-state index contributed by atoms with van der Waals surface area (Å²) < 4.78 is 6.78. The fraction of sp³-hybridized carbons (Fsp3) is 0.100. The first-order valence-corrected chi connectivity index (χ1v) is 8.53. The Morgan fingerprint density at radius 3 is 2.48 bits per heavy atom. The number of hydrogen-bond donors (Lipinski definition) is 2. The van der Waals surface area contributed by atoms with Crippen LogP contribution in [-0.4, -0.2) is 23.5 Å². The van der Waals surface area contributed by atoms with Gasteiger partial charge in [0.15, 0.2) is 0 Å². The zero-order chi connectivity index (χ0) is 19.4. The SMILES string of the molecule is COc1cccc(NC(=O)c2ccccc2NC(=O)c2cc(Cl)cn2C)c1. The first-order valence-electron chi connectivity index (χ1n) is 8.15. The average molecular weight is 384 g/mol. The third-order valence-electron chi connectivity index (χ3n) is 3.95. The van der Waals surface area contributed by atoms with Crippen LogP contribution >= 0.6 is 11.6 Å². The third-order valence-corrected chi connectivity index (χ3v) is 4.16. The molecule has 0 radical (unpaired) electrons. The van der Waals surface area contributed by atoms with Crippen LogP contribution in [0.25, 0.3) is 0 Å². The van der Waals surface area contributed by atoms with Gasteiger partial charge in [-0.3, -0.25) is 9.59 Å². The van der Waals surface area contributed by atoms with Gasteiger partial charge < -0.3 is 19.9 Å². The maximum atomic E-state index is 12.7. The van der Waals surface area contributed by atoms with E-state index < -0.39 is 0 Å². The number of benzene rings is 2. The monoisotopic (exact) mass is 383 g/mol. The molecule has 0 saturated heterocycles. The Morgan fingerprint density at radius 2 is 1.78 bits per heavy atom. The number of halogens is 1. The molecule has 0 aliphatic carbocycles. The van der Waals surface area contributed by atoms with Crippen LogP contribution < -0.4 is 15.4 Å². The van der Waals surface area contributed by atoms with Gasteiger partial charge >= 0.3 is 0 Å². The summed E-state index contributed by atoms with van der Waals surface area (Å²) in [6.45, 7) is 0. The van der Waals surface area contributed by atoms with E-state index in [-0.39, 0.29) is 11.8 Å². The zero-order valence-electron chi connectivity index (χ0n) is 14.8. The number of ether oxygens (including phenoxy) is 1. The second kappa shape index (κ2) is 7.97. The van der Waals surface area contributed by atoms with Crippen LogP contribution in [0.2, 0.25) is 5.02 Å². The largest absolute Gasteiger partial charge is 0.497 e. The van der Waals surface area contributed by atoms with Crippen LogP contribution in [0, 0.1) is 0 Å². The van der Waals surface area contributed by atoms with Gasteiger partial charge in [-0.2, -0.15) is 0 Å². The molecule has 2 N–H and O–H groups in total. The summed E-state index contributed by atoms with van der Waals surface area (Å²) in [5.41, 5.74) is 1.73. The smallest absolute Gasteiger partial charge is 0.272 e. The number of aromatic nitrogens is 1. The minimum absolute atomic E-state index is 0.342. The van der Waals surface area contributed by atoms with Crippen molar-refractivity contribution < 1.29 is 14.3 Å². The van der Waals surface area contributed by atoms with Gasteiger partial charge in [-0.25, -0.2) is 0 Å². The first kappa shape index (κ1) is 18.5. The lowest BCUT2D eigenvalue weighted by Crippen LogP contribution is -2.19. The fourth-order valence-electron chi connectivity index (χ4n) is 2.63. The van der Waals surface area contributed by atoms with Crippen LogP contribution in [0.15, 0.2) is 60.8 Å². The Kier molecular flexibility index (Phi) is 5.47. The molecule has 3 rings (SSSR count). The topological polar surface area (TPSA) is 72.4 Å². The highest BCUT2D eigenvalue weighted by atomic mass is 35.5. The number of amides is 2. The maximum Gasteiger partial charge on any atom is 0.272 e. The Labute approximate surface area is 161 Å². The van der Waals surface area contributed by atoms with E-state index in [9.17, 15) is 9.59 Å². The normalized spacial score (nSPS) is 10.3. The molecule has 0 bridgehead atoms. The highest BCUT2D eigenvalue weighted by molar-refractivity contribution is 6.31. The Hall–Kier alpha value is -3.25. The van der Waals surface area contributed by atoms with Crippen molar-refractivity contribution in [1.29, 1.82) is 0 Å². The van der Waals surface area contributed by atoms with E-state index >= 15 is 0 Å². The van der Waals surface area contributed by atoms with Crippen molar-refractivity contribution in [2.24, 2.45) is 7.05 Å². The molecule has 0 aliphatic heterocycles. The lowest BCUT2D eigenvalue weighted by atomic mass is 10.1. The lowest BCUT2D eigenvalue weighted by Gasteiger charge is -2.12. The summed E-state index contributed by atoms with van der Waals surface area (Å²) in [6.07, 6.45) is 1.64. The Morgan fingerprint density at radius 1 is 1.00 bits per heavy atom. The van der Waals surface area contributed by atoms with E-state index in [4.69, 9.17) is 16.3 Å². The van der Waals surface area contributed by atoms with E-state index in [0.717, 1.165) is 0 Å². The fourth-order valence-corrected chi connectivity index (χ4v) is 2.88. The summed E-state index contributed by atoms with van der Waals surface area (Å²) in [7, 11) is 3.28. The molecular formula is C20H18ClN3O3. The Balaban J connectivity index is 1.81. The van der Waals surface area contributed by atoms with Crippen LogP contribution in [0.3, 0.4) is 0 Å². The molecule has 138 valence electrons. The van der Waals surface area contributed by atoms with Gasteiger partial charge in [-0.05, 0) is 30.3 Å². The number of nitrogens with zero attached hydrogens (tertiary/aromatic N) is 1. The number of methoxy groups -OCH3 is 1. The number of rotatable bonds is 5. The van der Waals surface area contributed by atoms with Gasteiger partial charge in [0.25, 0.3) is 11.8 Å². The number of nitrogens with one attached hydrogen (secondary N) is 2. The Bertz CT molecular complexity index is 998. The third kappa shape index (κ3) is 4.30. The molecule has 0 unspecified atom stereocenters. The van der Waals surface area contributed by atoms with Crippen molar-refractivity contribution in [2.75, 3.05) is 17.7 Å². The summed E-state index contributed by atoms with van der Waals surface area (Å²) in [5, 5.41) is 6.04. The molecule has 0 aliphatic rings. The molecule has 0 spiro atoms. The molecule has 6 nitrogen and oxygen atoms in total. The summed E-state index contributed by atoms with van der Waals surface area (Å²) in [5.74, 6) is -0.0647. The van der Waals surface area contributed by atoms with E-state index in [0.29, 0.717) is 33.4 Å². The van der Waals surface area contributed by atoms with Gasteiger partial charge in [0.1, 0.15) is 11.4 Å². The molecule has 7 heteroatoms.